The normalized spacial score (nSPS) is 14.4. The molecule has 0 aromatic carbocycles. The highest BCUT2D eigenvalue weighted by Crippen LogP contribution is 2.17. The first kappa shape index (κ1) is 19.2. The highest BCUT2D eigenvalue weighted by atomic mass is 16.2. The second-order valence-electron chi connectivity index (χ2n) is 7.39. The average molecular weight is 371 g/mol. The predicted molar refractivity (Wildman–Crippen MR) is 105 cm³/mol. The van der Waals surface area contributed by atoms with Gasteiger partial charge in [-0.25, -0.2) is 9.78 Å². The van der Waals surface area contributed by atoms with Gasteiger partial charge in [0.15, 0.2) is 0 Å². The van der Waals surface area contributed by atoms with E-state index in [0.29, 0.717) is 6.54 Å². The van der Waals surface area contributed by atoms with Crippen molar-refractivity contribution in [2.75, 3.05) is 39.6 Å². The van der Waals surface area contributed by atoms with E-state index < -0.39 is 0 Å². The van der Waals surface area contributed by atoms with Gasteiger partial charge in [-0.05, 0) is 24.1 Å². The molecule has 8 nitrogen and oxygen atoms in total. The van der Waals surface area contributed by atoms with Crippen LogP contribution in [0.2, 0.25) is 0 Å². The largest absolute Gasteiger partial charge is 0.363 e. The number of rotatable bonds is 5. The molecule has 1 N–H and O–H groups in total. The smallest absolute Gasteiger partial charge is 0.317 e. The summed E-state index contributed by atoms with van der Waals surface area (Å²) < 4.78 is 2.07. The molecule has 3 rings (SSSR count). The Balaban J connectivity index is 1.62. The molecule has 2 aromatic heterocycles. The van der Waals surface area contributed by atoms with Crippen LogP contribution in [0, 0.1) is 0 Å². The molecule has 0 spiro atoms. The first-order chi connectivity index (χ1) is 12.9. The number of carbonyl (C=O) groups excluding carboxylic acids is 1. The Kier molecular flexibility index (Phi) is 5.95. The van der Waals surface area contributed by atoms with Gasteiger partial charge in [0.25, 0.3) is 0 Å². The van der Waals surface area contributed by atoms with Crippen LogP contribution in [-0.4, -0.2) is 65.3 Å². The van der Waals surface area contributed by atoms with Crippen LogP contribution in [0.4, 0.5) is 10.6 Å². The number of carbonyl (C=O) groups is 1. The number of aromatic nitrogens is 3. The summed E-state index contributed by atoms with van der Waals surface area (Å²) in [5.41, 5.74) is 3.31. The van der Waals surface area contributed by atoms with Gasteiger partial charge in [0.05, 0.1) is 17.9 Å². The molecule has 0 bridgehead atoms. The van der Waals surface area contributed by atoms with Gasteiger partial charge in [0, 0.05) is 60.6 Å². The van der Waals surface area contributed by atoms with Crippen LogP contribution < -0.4 is 10.2 Å². The second-order valence-corrected chi connectivity index (χ2v) is 7.39. The van der Waals surface area contributed by atoms with E-state index in [1.54, 1.807) is 14.1 Å². The molecule has 8 heteroatoms. The predicted octanol–water partition coefficient (Wildman–Crippen LogP) is 1.52. The summed E-state index contributed by atoms with van der Waals surface area (Å²) in [6.45, 7) is 4.12. The van der Waals surface area contributed by atoms with Crippen molar-refractivity contribution in [1.82, 2.24) is 29.9 Å². The number of fused-ring (bicyclic) bond motifs is 1. The maximum Gasteiger partial charge on any atom is 0.317 e. The lowest BCUT2D eigenvalue weighted by Crippen LogP contribution is -2.34. The maximum absolute atomic E-state index is 11.7. The molecule has 146 valence electrons. The maximum atomic E-state index is 11.7. The molecular weight excluding hydrogens is 342 g/mol. The third kappa shape index (κ3) is 4.97. The Morgan fingerprint density at radius 3 is 2.70 bits per heavy atom. The van der Waals surface area contributed by atoms with E-state index in [2.05, 4.69) is 43.2 Å². The van der Waals surface area contributed by atoms with Gasteiger partial charge in [-0.1, -0.05) is 6.07 Å². The van der Waals surface area contributed by atoms with Crippen molar-refractivity contribution in [2.45, 2.75) is 32.6 Å². The van der Waals surface area contributed by atoms with Crippen LogP contribution in [0.25, 0.3) is 0 Å². The summed E-state index contributed by atoms with van der Waals surface area (Å²) in [6, 6.07) is 6.20. The number of pyridine rings is 1. The van der Waals surface area contributed by atoms with Crippen molar-refractivity contribution in [2.24, 2.45) is 0 Å². The number of nitrogens with zero attached hydrogens (tertiary/aromatic N) is 6. The highest BCUT2D eigenvalue weighted by molar-refractivity contribution is 5.73. The topological polar surface area (TPSA) is 69.5 Å². The first-order valence-electron chi connectivity index (χ1n) is 9.28. The number of anilines is 1. The number of hydrogen-bond donors (Lipinski definition) is 1. The molecule has 2 aromatic rings. The molecule has 1 aliphatic heterocycles. The molecule has 0 unspecified atom stereocenters. The molecule has 27 heavy (non-hydrogen) atoms. The lowest BCUT2D eigenvalue weighted by Gasteiger charge is -2.20. The lowest BCUT2D eigenvalue weighted by molar-refractivity contribution is 0.217. The quantitative estimate of drug-likeness (QED) is 0.863. The Bertz CT molecular complexity index is 767. The van der Waals surface area contributed by atoms with Crippen molar-refractivity contribution in [3.05, 3.63) is 41.3 Å². The summed E-state index contributed by atoms with van der Waals surface area (Å²) >= 11 is 0. The van der Waals surface area contributed by atoms with Gasteiger partial charge in [-0.3, -0.25) is 9.58 Å². The Labute approximate surface area is 160 Å². The third-order valence-corrected chi connectivity index (χ3v) is 4.64. The standard InChI is InChI=1S/C19H29N7O/c1-23(2)18-7-6-15(11-20-18)13-25-8-5-9-26-17(14-25)10-16(22-26)12-21-19(27)24(3)4/h6-7,10-11H,5,8-9,12-14H2,1-4H3,(H,21,27). The monoisotopic (exact) mass is 371 g/mol. The number of hydrogen-bond acceptors (Lipinski definition) is 5. The zero-order chi connectivity index (χ0) is 19.4. The third-order valence-electron chi connectivity index (χ3n) is 4.64. The number of aryl methyl sites for hydroxylation is 1. The van der Waals surface area contributed by atoms with E-state index in [-0.39, 0.29) is 6.03 Å². The number of urea groups is 1. The molecule has 1 aliphatic rings. The molecular formula is C19H29N7O. The summed E-state index contributed by atoms with van der Waals surface area (Å²) in [5.74, 6) is 0.970. The Morgan fingerprint density at radius 2 is 2.04 bits per heavy atom. The lowest BCUT2D eigenvalue weighted by atomic mass is 10.2. The minimum Gasteiger partial charge on any atom is -0.363 e. The van der Waals surface area contributed by atoms with Crippen molar-refractivity contribution in [3.63, 3.8) is 0 Å². The molecule has 0 saturated carbocycles. The van der Waals surface area contributed by atoms with Crippen molar-refractivity contribution < 1.29 is 4.79 Å². The molecule has 0 atom stereocenters. The Morgan fingerprint density at radius 1 is 1.22 bits per heavy atom. The van der Waals surface area contributed by atoms with E-state index >= 15 is 0 Å². The van der Waals surface area contributed by atoms with Crippen LogP contribution in [0.15, 0.2) is 24.4 Å². The Hall–Kier alpha value is -2.61. The highest BCUT2D eigenvalue weighted by Gasteiger charge is 2.17. The van der Waals surface area contributed by atoms with E-state index in [9.17, 15) is 4.79 Å². The molecule has 3 heterocycles. The fourth-order valence-electron chi connectivity index (χ4n) is 3.17. The van der Waals surface area contributed by atoms with Crippen LogP contribution >= 0.6 is 0 Å². The zero-order valence-corrected chi connectivity index (χ0v) is 16.6. The van der Waals surface area contributed by atoms with Crippen LogP contribution in [-0.2, 0) is 26.2 Å². The van der Waals surface area contributed by atoms with Gasteiger partial charge in [-0.2, -0.15) is 5.10 Å². The molecule has 2 amide bonds. The van der Waals surface area contributed by atoms with Gasteiger partial charge < -0.3 is 15.1 Å². The zero-order valence-electron chi connectivity index (χ0n) is 16.6. The summed E-state index contributed by atoms with van der Waals surface area (Å²) in [6.07, 6.45) is 3.01. The summed E-state index contributed by atoms with van der Waals surface area (Å²) in [7, 11) is 7.46. The minimum atomic E-state index is -0.103. The van der Waals surface area contributed by atoms with Crippen LogP contribution in [0.3, 0.4) is 0 Å². The number of amides is 2. The van der Waals surface area contributed by atoms with E-state index in [1.165, 1.54) is 16.2 Å². The van der Waals surface area contributed by atoms with Crippen molar-refractivity contribution >= 4 is 11.8 Å². The average Bonchev–Trinajstić information content (AvgIpc) is 2.92. The fraction of sp³-hybridized carbons (Fsp3) is 0.526. The van der Waals surface area contributed by atoms with Gasteiger partial charge in [0.2, 0.25) is 0 Å². The fourth-order valence-corrected chi connectivity index (χ4v) is 3.17. The molecule has 0 aliphatic carbocycles. The van der Waals surface area contributed by atoms with E-state index in [4.69, 9.17) is 0 Å². The van der Waals surface area contributed by atoms with Crippen molar-refractivity contribution in [3.8, 4) is 0 Å². The van der Waals surface area contributed by atoms with E-state index in [0.717, 1.165) is 44.1 Å². The molecule has 0 radical (unpaired) electrons. The second kappa shape index (κ2) is 8.39. The van der Waals surface area contributed by atoms with E-state index in [1.807, 2.05) is 25.2 Å². The minimum absolute atomic E-state index is 0.103. The SMILES string of the molecule is CN(C)C(=O)NCc1cc2n(n1)CCCN(Cc1ccc(N(C)C)nc1)C2. The van der Waals surface area contributed by atoms with Crippen LogP contribution in [0.1, 0.15) is 23.4 Å². The van der Waals surface area contributed by atoms with Gasteiger partial charge in [-0.15, -0.1) is 0 Å². The van der Waals surface area contributed by atoms with Crippen LogP contribution in [0.5, 0.6) is 0 Å². The van der Waals surface area contributed by atoms with Gasteiger partial charge in [0.1, 0.15) is 5.82 Å². The first-order valence-corrected chi connectivity index (χ1v) is 9.28. The summed E-state index contributed by atoms with van der Waals surface area (Å²) in [4.78, 5) is 22.2. The van der Waals surface area contributed by atoms with Crippen molar-refractivity contribution in [1.29, 1.82) is 0 Å². The summed E-state index contributed by atoms with van der Waals surface area (Å²) in [5, 5.41) is 7.53. The molecule has 0 fully saturated rings. The molecule has 0 saturated heterocycles. The van der Waals surface area contributed by atoms with Gasteiger partial charge >= 0.3 is 6.03 Å². The number of nitrogens with one attached hydrogen (secondary N) is 1.